The lowest BCUT2D eigenvalue weighted by molar-refractivity contribution is 0.602. The number of nitrogens with zero attached hydrogens (tertiary/aromatic N) is 3. The molecule has 0 saturated carbocycles. The van der Waals surface area contributed by atoms with Gasteiger partial charge >= 0.3 is 0 Å². The quantitative estimate of drug-likeness (QED) is 0.803. The van der Waals surface area contributed by atoms with Crippen molar-refractivity contribution in [3.8, 4) is 0 Å². The summed E-state index contributed by atoms with van der Waals surface area (Å²) in [7, 11) is -1.97. The molecule has 0 spiro atoms. The molecule has 0 saturated heterocycles. The van der Waals surface area contributed by atoms with E-state index in [1.165, 1.54) is 0 Å². The van der Waals surface area contributed by atoms with E-state index in [2.05, 4.69) is 14.8 Å². The molecule has 0 amide bonds. The maximum atomic E-state index is 12.6. The van der Waals surface area contributed by atoms with Crippen LogP contribution in [-0.4, -0.2) is 23.2 Å². The number of fused-ring (bicyclic) bond motifs is 1. The zero-order valence-electron chi connectivity index (χ0n) is 11.6. The Kier molecular flexibility index (Phi) is 3.13. The summed E-state index contributed by atoms with van der Waals surface area (Å²) in [6, 6.07) is 8.68. The molecule has 0 atom stereocenters. The third kappa shape index (κ3) is 2.47. The number of nitrogens with one attached hydrogen (secondary N) is 1. The van der Waals surface area contributed by atoms with Crippen LogP contribution in [-0.2, 0) is 17.1 Å². The van der Waals surface area contributed by atoms with Gasteiger partial charge in [0.2, 0.25) is 0 Å². The molecule has 1 N–H and O–H groups in total. The topological polar surface area (TPSA) is 76.9 Å². The molecule has 0 bridgehead atoms. The molecule has 0 aliphatic carbocycles. The summed E-state index contributed by atoms with van der Waals surface area (Å²) in [4.78, 5) is 4.33. The zero-order valence-corrected chi connectivity index (χ0v) is 12.4. The van der Waals surface area contributed by atoms with Gasteiger partial charge in [0.05, 0.1) is 16.9 Å². The smallest absolute Gasteiger partial charge is 0.264 e. The molecule has 2 aromatic heterocycles. The van der Waals surface area contributed by atoms with Crippen molar-refractivity contribution in [1.29, 1.82) is 0 Å². The summed E-state index contributed by atoms with van der Waals surface area (Å²) >= 11 is 0. The number of anilines is 1. The molecule has 0 unspecified atom stereocenters. The predicted octanol–water partition coefficient (Wildman–Crippen LogP) is 2.08. The molecule has 1 aromatic carbocycles. The highest BCUT2D eigenvalue weighted by atomic mass is 32.2. The van der Waals surface area contributed by atoms with E-state index in [0.717, 1.165) is 5.39 Å². The minimum Gasteiger partial charge on any atom is -0.276 e. The van der Waals surface area contributed by atoms with Crippen LogP contribution in [0.15, 0.2) is 47.6 Å². The van der Waals surface area contributed by atoms with E-state index in [9.17, 15) is 8.42 Å². The van der Waals surface area contributed by atoms with Crippen LogP contribution < -0.4 is 4.72 Å². The van der Waals surface area contributed by atoms with Crippen molar-refractivity contribution in [2.75, 3.05) is 4.72 Å². The van der Waals surface area contributed by atoms with E-state index < -0.39 is 10.0 Å². The van der Waals surface area contributed by atoms with Gasteiger partial charge in [0, 0.05) is 24.8 Å². The first kappa shape index (κ1) is 13.6. The molecular formula is C14H14N4O2S. The fourth-order valence-electron chi connectivity index (χ4n) is 2.19. The van der Waals surface area contributed by atoms with Gasteiger partial charge in [0.15, 0.2) is 0 Å². The number of aromatic nitrogens is 3. The van der Waals surface area contributed by atoms with Crippen molar-refractivity contribution in [1.82, 2.24) is 14.8 Å². The van der Waals surface area contributed by atoms with Gasteiger partial charge in [-0.1, -0.05) is 18.2 Å². The highest BCUT2D eigenvalue weighted by Crippen LogP contribution is 2.24. The number of hydrogen-bond acceptors (Lipinski definition) is 4. The third-order valence-corrected chi connectivity index (χ3v) is 4.54. The highest BCUT2D eigenvalue weighted by molar-refractivity contribution is 7.93. The van der Waals surface area contributed by atoms with Crippen LogP contribution in [0.5, 0.6) is 0 Å². The van der Waals surface area contributed by atoms with Crippen LogP contribution in [0.1, 0.15) is 5.69 Å². The van der Waals surface area contributed by atoms with E-state index in [4.69, 9.17) is 0 Å². The Bertz CT molecular complexity index is 910. The molecule has 3 rings (SSSR count). The number of pyridine rings is 1. The lowest BCUT2D eigenvalue weighted by atomic mass is 10.2. The van der Waals surface area contributed by atoms with Crippen molar-refractivity contribution in [3.63, 3.8) is 0 Å². The third-order valence-electron chi connectivity index (χ3n) is 3.14. The maximum Gasteiger partial charge on any atom is 0.264 e. The van der Waals surface area contributed by atoms with Crippen LogP contribution in [0.3, 0.4) is 0 Å². The Hall–Kier alpha value is -2.41. The predicted molar refractivity (Wildman–Crippen MR) is 80.5 cm³/mol. The van der Waals surface area contributed by atoms with Gasteiger partial charge in [-0.05, 0) is 19.1 Å². The number of aryl methyl sites for hydroxylation is 2. The molecule has 108 valence electrons. The molecule has 0 aliphatic rings. The molecule has 2 heterocycles. The van der Waals surface area contributed by atoms with Gasteiger partial charge in [-0.2, -0.15) is 5.10 Å². The summed E-state index contributed by atoms with van der Waals surface area (Å²) < 4.78 is 29.3. The summed E-state index contributed by atoms with van der Waals surface area (Å²) in [5, 5.41) is 4.91. The van der Waals surface area contributed by atoms with Crippen molar-refractivity contribution >= 4 is 26.6 Å². The normalized spacial score (nSPS) is 11.7. The molecule has 0 radical (unpaired) electrons. The fraction of sp³-hybridized carbons (Fsp3) is 0.143. The zero-order chi connectivity index (χ0) is 15.0. The van der Waals surface area contributed by atoms with Crippen molar-refractivity contribution in [3.05, 3.63) is 48.4 Å². The van der Waals surface area contributed by atoms with Crippen molar-refractivity contribution in [2.45, 2.75) is 11.8 Å². The SMILES string of the molecule is Cc1nn(C)cc1NS(=O)(=O)c1cccc2cccnc12. The molecule has 21 heavy (non-hydrogen) atoms. The summed E-state index contributed by atoms with van der Waals surface area (Å²) in [6.07, 6.45) is 3.21. The van der Waals surface area contributed by atoms with Crippen LogP contribution >= 0.6 is 0 Å². The Morgan fingerprint density at radius 1 is 1.19 bits per heavy atom. The van der Waals surface area contributed by atoms with Gasteiger partial charge in [0.25, 0.3) is 10.0 Å². The van der Waals surface area contributed by atoms with E-state index >= 15 is 0 Å². The Morgan fingerprint density at radius 2 is 1.95 bits per heavy atom. The standard InChI is InChI=1S/C14H14N4O2S/c1-10-12(9-18(2)16-10)17-21(19,20)13-7-3-5-11-6-4-8-15-14(11)13/h3-9,17H,1-2H3. The van der Waals surface area contributed by atoms with Crippen LogP contribution in [0.4, 0.5) is 5.69 Å². The monoisotopic (exact) mass is 302 g/mol. The second-order valence-corrected chi connectivity index (χ2v) is 6.39. The first-order valence-electron chi connectivity index (χ1n) is 6.34. The average Bonchev–Trinajstić information content (AvgIpc) is 2.75. The Labute approximate surface area is 122 Å². The maximum absolute atomic E-state index is 12.6. The van der Waals surface area contributed by atoms with Crippen molar-refractivity contribution in [2.24, 2.45) is 7.05 Å². The van der Waals surface area contributed by atoms with E-state index in [1.54, 1.807) is 49.2 Å². The fourth-order valence-corrected chi connectivity index (χ4v) is 3.48. The number of hydrogen-bond donors (Lipinski definition) is 1. The van der Waals surface area contributed by atoms with Gasteiger partial charge < -0.3 is 0 Å². The van der Waals surface area contributed by atoms with Gasteiger partial charge in [-0.15, -0.1) is 0 Å². The first-order chi connectivity index (χ1) is 9.97. The summed E-state index contributed by atoms with van der Waals surface area (Å²) in [5.74, 6) is 0. The van der Waals surface area contributed by atoms with Crippen LogP contribution in [0.25, 0.3) is 10.9 Å². The number of para-hydroxylation sites is 1. The van der Waals surface area contributed by atoms with Crippen LogP contribution in [0.2, 0.25) is 0 Å². The van der Waals surface area contributed by atoms with Crippen molar-refractivity contribution < 1.29 is 8.42 Å². The lowest BCUT2D eigenvalue weighted by Crippen LogP contribution is -2.14. The highest BCUT2D eigenvalue weighted by Gasteiger charge is 2.19. The number of benzene rings is 1. The molecule has 3 aromatic rings. The van der Waals surface area contributed by atoms with E-state index in [-0.39, 0.29) is 4.90 Å². The molecule has 6 nitrogen and oxygen atoms in total. The van der Waals surface area contributed by atoms with Gasteiger partial charge in [-0.3, -0.25) is 14.4 Å². The minimum atomic E-state index is -3.71. The van der Waals surface area contributed by atoms with Gasteiger partial charge in [0.1, 0.15) is 4.90 Å². The van der Waals surface area contributed by atoms with E-state index in [1.807, 2.05) is 12.1 Å². The molecule has 0 aliphatic heterocycles. The second kappa shape index (κ2) is 4.85. The summed E-state index contributed by atoms with van der Waals surface area (Å²) in [6.45, 7) is 1.75. The number of sulfonamides is 1. The van der Waals surface area contributed by atoms with Crippen LogP contribution in [0, 0.1) is 6.92 Å². The summed E-state index contributed by atoms with van der Waals surface area (Å²) in [5.41, 5.74) is 1.54. The average molecular weight is 302 g/mol. The van der Waals surface area contributed by atoms with Gasteiger partial charge in [-0.25, -0.2) is 8.42 Å². The van der Waals surface area contributed by atoms with E-state index in [0.29, 0.717) is 16.9 Å². The lowest BCUT2D eigenvalue weighted by Gasteiger charge is -2.09. The first-order valence-corrected chi connectivity index (χ1v) is 7.82. The second-order valence-electron chi connectivity index (χ2n) is 4.74. The minimum absolute atomic E-state index is 0.156. The molecule has 0 fully saturated rings. The largest absolute Gasteiger partial charge is 0.276 e. The molecule has 7 heteroatoms. The molecular weight excluding hydrogens is 288 g/mol. The Morgan fingerprint density at radius 3 is 2.67 bits per heavy atom. The Balaban J connectivity index is 2.11. The number of rotatable bonds is 3.